The number of amides is 1. The van der Waals surface area contributed by atoms with Crippen molar-refractivity contribution >= 4 is 23.3 Å². The molecule has 0 aromatic carbocycles. The highest BCUT2D eigenvalue weighted by Gasteiger charge is 2.06. The quantitative estimate of drug-likeness (QED) is 0.850. The van der Waals surface area contributed by atoms with E-state index in [1.54, 1.807) is 23.6 Å². The maximum Gasteiger partial charge on any atom is 0.244 e. The number of carbonyl (C=O) groups excluding carboxylic acids is 1. The van der Waals surface area contributed by atoms with Crippen LogP contribution < -0.4 is 5.32 Å². The minimum absolute atomic E-state index is 0.0882. The molecule has 3 nitrogen and oxygen atoms in total. The van der Waals surface area contributed by atoms with E-state index in [4.69, 9.17) is 0 Å². The summed E-state index contributed by atoms with van der Waals surface area (Å²) in [7, 11) is 0. The van der Waals surface area contributed by atoms with Gasteiger partial charge in [-0.05, 0) is 36.6 Å². The van der Waals surface area contributed by atoms with Gasteiger partial charge in [0.15, 0.2) is 0 Å². The van der Waals surface area contributed by atoms with E-state index < -0.39 is 0 Å². The smallest absolute Gasteiger partial charge is 0.244 e. The Morgan fingerprint density at radius 1 is 1.42 bits per heavy atom. The van der Waals surface area contributed by atoms with Gasteiger partial charge in [-0.1, -0.05) is 12.1 Å². The predicted molar refractivity (Wildman–Crippen MR) is 78.9 cm³/mol. The Morgan fingerprint density at radius 2 is 2.32 bits per heavy atom. The van der Waals surface area contributed by atoms with Crippen LogP contribution >= 0.6 is 11.3 Å². The first-order valence-electron chi connectivity index (χ1n) is 6.16. The Hall–Kier alpha value is -1.94. The minimum Gasteiger partial charge on any atom is -0.350 e. The number of carbonyl (C=O) groups is 1. The first-order valence-corrected chi connectivity index (χ1v) is 7.04. The molecule has 0 spiro atoms. The Morgan fingerprint density at radius 3 is 3.00 bits per heavy atom. The van der Waals surface area contributed by atoms with Crippen molar-refractivity contribution < 1.29 is 4.79 Å². The lowest BCUT2D eigenvalue weighted by Crippen LogP contribution is -2.32. The summed E-state index contributed by atoms with van der Waals surface area (Å²) in [4.78, 5) is 17.1. The van der Waals surface area contributed by atoms with Crippen LogP contribution in [0.15, 0.2) is 48.0 Å². The van der Waals surface area contributed by atoms with E-state index in [0.717, 1.165) is 12.1 Å². The molecular weight excluding hydrogens is 256 g/mol. The fourth-order valence-electron chi connectivity index (χ4n) is 1.71. The number of nitrogens with zero attached hydrogens (tertiary/aromatic N) is 1. The van der Waals surface area contributed by atoms with Crippen molar-refractivity contribution in [2.24, 2.45) is 0 Å². The molecule has 2 aromatic rings. The average Bonchev–Trinajstić information content (AvgIpc) is 2.90. The molecule has 2 heterocycles. The molecule has 1 atom stereocenters. The van der Waals surface area contributed by atoms with Crippen LogP contribution in [-0.4, -0.2) is 16.9 Å². The number of hydrogen-bond acceptors (Lipinski definition) is 3. The van der Waals surface area contributed by atoms with Crippen LogP contribution in [0.1, 0.15) is 17.5 Å². The summed E-state index contributed by atoms with van der Waals surface area (Å²) in [6, 6.07) is 9.83. The molecule has 1 unspecified atom stereocenters. The lowest BCUT2D eigenvalue weighted by Gasteiger charge is -2.10. The van der Waals surface area contributed by atoms with Crippen molar-refractivity contribution in [1.82, 2.24) is 10.3 Å². The third-order valence-electron chi connectivity index (χ3n) is 2.57. The zero-order valence-corrected chi connectivity index (χ0v) is 11.6. The number of aromatic nitrogens is 1. The number of thiophene rings is 1. The summed E-state index contributed by atoms with van der Waals surface area (Å²) in [6.07, 6.45) is 5.80. The van der Waals surface area contributed by atoms with Gasteiger partial charge in [-0.2, -0.15) is 0 Å². The molecule has 0 aliphatic heterocycles. The summed E-state index contributed by atoms with van der Waals surface area (Å²) >= 11 is 1.71. The van der Waals surface area contributed by atoms with E-state index in [1.165, 1.54) is 11.0 Å². The number of nitrogens with one attached hydrogen (secondary N) is 1. The van der Waals surface area contributed by atoms with Crippen LogP contribution in [0.4, 0.5) is 0 Å². The second-order valence-corrected chi connectivity index (χ2v) is 5.31. The van der Waals surface area contributed by atoms with Gasteiger partial charge < -0.3 is 5.32 Å². The van der Waals surface area contributed by atoms with Crippen LogP contribution in [0.25, 0.3) is 6.08 Å². The van der Waals surface area contributed by atoms with Gasteiger partial charge >= 0.3 is 0 Å². The monoisotopic (exact) mass is 272 g/mol. The van der Waals surface area contributed by atoms with Gasteiger partial charge in [0.1, 0.15) is 0 Å². The maximum absolute atomic E-state index is 11.7. The zero-order valence-electron chi connectivity index (χ0n) is 10.7. The summed E-state index contributed by atoms with van der Waals surface area (Å²) in [5, 5.41) is 4.99. The molecule has 98 valence electrons. The van der Waals surface area contributed by atoms with Crippen molar-refractivity contribution in [1.29, 1.82) is 0 Å². The van der Waals surface area contributed by atoms with Gasteiger partial charge in [0.25, 0.3) is 0 Å². The van der Waals surface area contributed by atoms with Gasteiger partial charge in [0.05, 0.1) is 5.69 Å². The van der Waals surface area contributed by atoms with E-state index in [2.05, 4.69) is 16.4 Å². The van der Waals surface area contributed by atoms with Crippen LogP contribution in [0.3, 0.4) is 0 Å². The molecule has 0 saturated carbocycles. The average molecular weight is 272 g/mol. The molecule has 0 fully saturated rings. The Kier molecular flexibility index (Phi) is 4.86. The van der Waals surface area contributed by atoms with Gasteiger partial charge in [-0.3, -0.25) is 9.78 Å². The highest BCUT2D eigenvalue weighted by atomic mass is 32.1. The van der Waals surface area contributed by atoms with Crippen LogP contribution in [0, 0.1) is 0 Å². The summed E-state index contributed by atoms with van der Waals surface area (Å²) in [5.41, 5.74) is 0.781. The molecular formula is C15H16N2OS. The normalized spacial score (nSPS) is 12.5. The topological polar surface area (TPSA) is 42.0 Å². The number of pyridine rings is 1. The van der Waals surface area contributed by atoms with Gasteiger partial charge in [0, 0.05) is 29.6 Å². The molecule has 4 heteroatoms. The Bertz CT molecular complexity index is 535. The standard InChI is InChI=1S/C15H16N2OS/c1-12(11-14-6-4-10-19-14)17-15(18)8-7-13-5-2-3-9-16-13/h2-10,12H,11H2,1H3,(H,17,18)/b8-7+. The van der Waals surface area contributed by atoms with Crippen LogP contribution in [0.5, 0.6) is 0 Å². The van der Waals surface area contributed by atoms with E-state index >= 15 is 0 Å². The van der Waals surface area contributed by atoms with Crippen molar-refractivity contribution in [2.45, 2.75) is 19.4 Å². The highest BCUT2D eigenvalue weighted by molar-refractivity contribution is 7.09. The summed E-state index contributed by atoms with van der Waals surface area (Å²) in [5.74, 6) is -0.0882. The van der Waals surface area contributed by atoms with Gasteiger partial charge in [0.2, 0.25) is 5.91 Å². The largest absolute Gasteiger partial charge is 0.350 e. The predicted octanol–water partition coefficient (Wildman–Crippen LogP) is 2.90. The molecule has 19 heavy (non-hydrogen) atoms. The minimum atomic E-state index is -0.0882. The SMILES string of the molecule is CC(Cc1cccs1)NC(=O)/C=C/c1ccccn1. The Balaban J connectivity index is 1.82. The van der Waals surface area contributed by atoms with Crippen LogP contribution in [0.2, 0.25) is 0 Å². The van der Waals surface area contributed by atoms with E-state index in [-0.39, 0.29) is 11.9 Å². The lowest BCUT2D eigenvalue weighted by atomic mass is 10.2. The number of rotatable bonds is 5. The molecule has 0 radical (unpaired) electrons. The van der Waals surface area contributed by atoms with Gasteiger partial charge in [-0.15, -0.1) is 11.3 Å². The third kappa shape index (κ3) is 4.67. The Labute approximate surface area is 117 Å². The molecule has 2 aromatic heterocycles. The fourth-order valence-corrected chi connectivity index (χ4v) is 2.54. The fraction of sp³-hybridized carbons (Fsp3) is 0.200. The molecule has 1 amide bonds. The van der Waals surface area contributed by atoms with Crippen molar-refractivity contribution in [3.63, 3.8) is 0 Å². The summed E-state index contributed by atoms with van der Waals surface area (Å²) < 4.78 is 0. The van der Waals surface area contributed by atoms with Crippen molar-refractivity contribution in [3.05, 3.63) is 58.6 Å². The maximum atomic E-state index is 11.7. The molecule has 2 rings (SSSR count). The first-order chi connectivity index (χ1) is 9.24. The highest BCUT2D eigenvalue weighted by Crippen LogP contribution is 2.10. The van der Waals surface area contributed by atoms with Crippen LogP contribution in [-0.2, 0) is 11.2 Å². The van der Waals surface area contributed by atoms with E-state index in [0.29, 0.717) is 0 Å². The van der Waals surface area contributed by atoms with Gasteiger partial charge in [-0.25, -0.2) is 0 Å². The summed E-state index contributed by atoms with van der Waals surface area (Å²) in [6.45, 7) is 2.01. The second-order valence-electron chi connectivity index (χ2n) is 4.28. The lowest BCUT2D eigenvalue weighted by molar-refractivity contribution is -0.117. The molecule has 0 saturated heterocycles. The molecule has 1 N–H and O–H groups in total. The molecule has 0 aliphatic carbocycles. The molecule has 0 bridgehead atoms. The molecule has 0 aliphatic rings. The van der Waals surface area contributed by atoms with Crippen molar-refractivity contribution in [2.75, 3.05) is 0 Å². The van der Waals surface area contributed by atoms with E-state index in [9.17, 15) is 4.79 Å². The number of hydrogen-bond donors (Lipinski definition) is 1. The van der Waals surface area contributed by atoms with Crippen molar-refractivity contribution in [3.8, 4) is 0 Å². The second kappa shape index (κ2) is 6.85. The zero-order chi connectivity index (χ0) is 13.5. The van der Waals surface area contributed by atoms with E-state index in [1.807, 2.05) is 36.6 Å². The first kappa shape index (κ1) is 13.5. The third-order valence-corrected chi connectivity index (χ3v) is 3.47.